The Hall–Kier alpha value is -1.59. The summed E-state index contributed by atoms with van der Waals surface area (Å²) in [6.07, 6.45) is 46.7. The first-order valence-electron chi connectivity index (χ1n) is 26.2. The highest BCUT2D eigenvalue weighted by Gasteiger charge is 2.19. The van der Waals surface area contributed by atoms with Gasteiger partial charge in [0, 0.05) is 19.3 Å². The molecule has 0 rings (SSSR count). The number of rotatable bonds is 47. The van der Waals surface area contributed by atoms with Crippen LogP contribution in [0.4, 0.5) is 0 Å². The van der Waals surface area contributed by atoms with Crippen LogP contribution in [0.5, 0.6) is 0 Å². The van der Waals surface area contributed by atoms with Crippen molar-refractivity contribution in [3.63, 3.8) is 0 Å². The Kier molecular flexibility index (Phi) is 44.7. The SMILES string of the molecule is CCCCCCCCCCCCCCCCCCC(=O)O[C@H](COC(=O)CCCCCCCCCCCCCCC(C)C)COC(=O)CCCCCCCCCC(C)C. The van der Waals surface area contributed by atoms with E-state index in [4.69, 9.17) is 14.2 Å². The van der Waals surface area contributed by atoms with E-state index in [0.717, 1.165) is 69.6 Å². The summed E-state index contributed by atoms with van der Waals surface area (Å²) in [5.41, 5.74) is 0. The maximum absolute atomic E-state index is 12.8. The van der Waals surface area contributed by atoms with Crippen LogP contribution in [0.2, 0.25) is 0 Å². The third-order valence-electron chi connectivity index (χ3n) is 12.0. The Morgan fingerprint density at radius 3 is 0.831 bits per heavy atom. The van der Waals surface area contributed by atoms with E-state index >= 15 is 0 Å². The van der Waals surface area contributed by atoms with Gasteiger partial charge in [0.25, 0.3) is 0 Å². The largest absolute Gasteiger partial charge is 0.462 e. The number of carbonyl (C=O) groups is 3. The molecule has 0 heterocycles. The number of carbonyl (C=O) groups excluding carboxylic acids is 3. The van der Waals surface area contributed by atoms with Crippen LogP contribution in [0.25, 0.3) is 0 Å². The molecule has 0 amide bonds. The zero-order valence-corrected chi connectivity index (χ0v) is 40.4. The van der Waals surface area contributed by atoms with Crippen LogP contribution in [0.15, 0.2) is 0 Å². The molecular weight excluding hydrogens is 733 g/mol. The number of esters is 3. The van der Waals surface area contributed by atoms with Crippen molar-refractivity contribution >= 4 is 17.9 Å². The van der Waals surface area contributed by atoms with Crippen molar-refractivity contribution in [2.45, 2.75) is 298 Å². The smallest absolute Gasteiger partial charge is 0.306 e. The summed E-state index contributed by atoms with van der Waals surface area (Å²) < 4.78 is 16.8. The quantitative estimate of drug-likeness (QED) is 0.0345. The molecule has 0 radical (unpaired) electrons. The Balaban J connectivity index is 4.29. The summed E-state index contributed by atoms with van der Waals surface area (Å²) in [5.74, 6) is 0.766. The molecule has 0 N–H and O–H groups in total. The van der Waals surface area contributed by atoms with Crippen molar-refractivity contribution in [1.82, 2.24) is 0 Å². The number of unbranched alkanes of at least 4 members (excludes halogenated alkanes) is 32. The summed E-state index contributed by atoms with van der Waals surface area (Å²) in [7, 11) is 0. The van der Waals surface area contributed by atoms with E-state index < -0.39 is 6.10 Å². The lowest BCUT2D eigenvalue weighted by atomic mass is 10.0. The monoisotopic (exact) mass is 835 g/mol. The summed E-state index contributed by atoms with van der Waals surface area (Å²) in [4.78, 5) is 37.9. The number of ether oxygens (including phenoxy) is 3. The first-order chi connectivity index (χ1) is 28.7. The summed E-state index contributed by atoms with van der Waals surface area (Å²) in [5, 5.41) is 0. The lowest BCUT2D eigenvalue weighted by Gasteiger charge is -2.18. The van der Waals surface area contributed by atoms with E-state index in [1.165, 1.54) is 180 Å². The van der Waals surface area contributed by atoms with Crippen LogP contribution < -0.4 is 0 Å². The molecule has 0 aromatic rings. The summed E-state index contributed by atoms with van der Waals surface area (Å²) in [6, 6.07) is 0. The van der Waals surface area contributed by atoms with Crippen LogP contribution in [0.3, 0.4) is 0 Å². The Labute approximate surface area is 368 Å². The Morgan fingerprint density at radius 1 is 0.322 bits per heavy atom. The van der Waals surface area contributed by atoms with Gasteiger partial charge >= 0.3 is 17.9 Å². The lowest BCUT2D eigenvalue weighted by molar-refractivity contribution is -0.167. The molecule has 0 aliphatic carbocycles. The highest BCUT2D eigenvalue weighted by molar-refractivity contribution is 5.71. The molecule has 0 saturated carbocycles. The van der Waals surface area contributed by atoms with Crippen molar-refractivity contribution in [3.05, 3.63) is 0 Å². The van der Waals surface area contributed by atoms with Gasteiger partial charge in [-0.3, -0.25) is 14.4 Å². The fourth-order valence-corrected chi connectivity index (χ4v) is 7.99. The van der Waals surface area contributed by atoms with Crippen molar-refractivity contribution in [1.29, 1.82) is 0 Å². The van der Waals surface area contributed by atoms with Gasteiger partial charge in [-0.1, -0.05) is 253 Å². The van der Waals surface area contributed by atoms with Gasteiger partial charge in [-0.25, -0.2) is 0 Å². The predicted octanol–water partition coefficient (Wildman–Crippen LogP) is 16.9. The molecule has 0 fully saturated rings. The van der Waals surface area contributed by atoms with Gasteiger partial charge in [0.2, 0.25) is 0 Å². The van der Waals surface area contributed by atoms with E-state index in [2.05, 4.69) is 34.6 Å². The predicted molar refractivity (Wildman–Crippen MR) is 252 cm³/mol. The van der Waals surface area contributed by atoms with Gasteiger partial charge in [-0.05, 0) is 31.1 Å². The lowest BCUT2D eigenvalue weighted by Crippen LogP contribution is -2.30. The molecule has 0 bridgehead atoms. The molecule has 6 heteroatoms. The van der Waals surface area contributed by atoms with E-state index in [0.29, 0.717) is 19.3 Å². The standard InChI is InChI=1S/C53H102O6/c1-6-7-8-9-10-11-12-13-14-15-16-21-24-29-35-40-45-53(56)59-50(47-58-52(55)44-39-34-30-25-27-32-37-42-49(4)5)46-57-51(54)43-38-33-28-23-20-18-17-19-22-26-31-36-41-48(2)3/h48-50H,6-47H2,1-5H3/t50-/m1/s1. The minimum atomic E-state index is -0.762. The minimum absolute atomic E-state index is 0.0641. The first kappa shape index (κ1) is 57.4. The topological polar surface area (TPSA) is 78.9 Å². The van der Waals surface area contributed by atoms with Crippen LogP contribution in [-0.2, 0) is 28.6 Å². The van der Waals surface area contributed by atoms with E-state index in [1.807, 2.05) is 0 Å². The molecule has 350 valence electrons. The number of hydrogen-bond donors (Lipinski definition) is 0. The van der Waals surface area contributed by atoms with Crippen molar-refractivity contribution in [2.24, 2.45) is 11.8 Å². The molecule has 0 spiro atoms. The van der Waals surface area contributed by atoms with Crippen LogP contribution in [0, 0.1) is 11.8 Å². The van der Waals surface area contributed by atoms with E-state index in [1.54, 1.807) is 0 Å². The third kappa shape index (κ3) is 47.3. The number of hydrogen-bond acceptors (Lipinski definition) is 6. The van der Waals surface area contributed by atoms with Crippen molar-refractivity contribution in [2.75, 3.05) is 13.2 Å². The molecule has 0 unspecified atom stereocenters. The molecule has 0 aromatic carbocycles. The van der Waals surface area contributed by atoms with E-state index in [-0.39, 0.29) is 31.1 Å². The second-order valence-electron chi connectivity index (χ2n) is 19.1. The summed E-state index contributed by atoms with van der Waals surface area (Å²) >= 11 is 0. The third-order valence-corrected chi connectivity index (χ3v) is 12.0. The van der Waals surface area contributed by atoms with Gasteiger partial charge < -0.3 is 14.2 Å². The second-order valence-corrected chi connectivity index (χ2v) is 19.1. The average molecular weight is 835 g/mol. The summed E-state index contributed by atoms with van der Waals surface area (Å²) in [6.45, 7) is 11.3. The van der Waals surface area contributed by atoms with E-state index in [9.17, 15) is 14.4 Å². The normalized spacial score (nSPS) is 12.1. The van der Waals surface area contributed by atoms with Crippen molar-refractivity contribution in [3.8, 4) is 0 Å². The molecule has 59 heavy (non-hydrogen) atoms. The Bertz CT molecular complexity index is 900. The van der Waals surface area contributed by atoms with Gasteiger partial charge in [0.05, 0.1) is 0 Å². The zero-order chi connectivity index (χ0) is 43.3. The fraction of sp³-hybridized carbons (Fsp3) is 0.943. The molecule has 0 aliphatic rings. The van der Waals surface area contributed by atoms with Gasteiger partial charge in [0.1, 0.15) is 13.2 Å². The average Bonchev–Trinajstić information content (AvgIpc) is 3.20. The molecule has 0 aliphatic heterocycles. The minimum Gasteiger partial charge on any atom is -0.462 e. The molecule has 1 atom stereocenters. The van der Waals surface area contributed by atoms with Crippen LogP contribution in [-0.4, -0.2) is 37.2 Å². The zero-order valence-electron chi connectivity index (χ0n) is 40.4. The molecule has 6 nitrogen and oxygen atoms in total. The van der Waals surface area contributed by atoms with Crippen molar-refractivity contribution < 1.29 is 28.6 Å². The second kappa shape index (κ2) is 45.9. The van der Waals surface area contributed by atoms with Gasteiger partial charge in [0.15, 0.2) is 6.10 Å². The molecule has 0 saturated heterocycles. The highest BCUT2D eigenvalue weighted by Crippen LogP contribution is 2.17. The highest BCUT2D eigenvalue weighted by atomic mass is 16.6. The fourth-order valence-electron chi connectivity index (χ4n) is 7.99. The van der Waals surface area contributed by atoms with Gasteiger partial charge in [-0.2, -0.15) is 0 Å². The maximum atomic E-state index is 12.8. The van der Waals surface area contributed by atoms with Crippen LogP contribution >= 0.6 is 0 Å². The Morgan fingerprint density at radius 2 is 0.559 bits per heavy atom. The molecular formula is C53H102O6. The first-order valence-corrected chi connectivity index (χ1v) is 26.2. The van der Waals surface area contributed by atoms with Crippen LogP contribution in [0.1, 0.15) is 291 Å². The van der Waals surface area contributed by atoms with Gasteiger partial charge in [-0.15, -0.1) is 0 Å². The maximum Gasteiger partial charge on any atom is 0.306 e. The molecule has 0 aromatic heterocycles.